The highest BCUT2D eigenvalue weighted by Gasteiger charge is 2.51. The van der Waals surface area contributed by atoms with Gasteiger partial charge in [0.1, 0.15) is 5.75 Å². The van der Waals surface area contributed by atoms with E-state index in [-0.39, 0.29) is 11.3 Å². The van der Waals surface area contributed by atoms with Gasteiger partial charge in [-0.05, 0) is 49.4 Å². The van der Waals surface area contributed by atoms with Gasteiger partial charge in [0.05, 0.1) is 12.5 Å². The number of aryl methyl sites for hydroxylation is 1. The summed E-state index contributed by atoms with van der Waals surface area (Å²) in [5.41, 5.74) is 7.74. The molecule has 4 heteroatoms. The van der Waals surface area contributed by atoms with Crippen LogP contribution in [0.3, 0.4) is 0 Å². The van der Waals surface area contributed by atoms with Gasteiger partial charge in [0, 0.05) is 18.8 Å². The van der Waals surface area contributed by atoms with Crippen LogP contribution in [0.1, 0.15) is 24.8 Å². The van der Waals surface area contributed by atoms with Crippen LogP contribution >= 0.6 is 0 Å². The quantitative estimate of drug-likeness (QED) is 0.900. The van der Waals surface area contributed by atoms with Crippen molar-refractivity contribution in [2.45, 2.75) is 25.7 Å². The lowest BCUT2D eigenvalue weighted by atomic mass is 9.98. The summed E-state index contributed by atoms with van der Waals surface area (Å²) < 4.78 is 5.25. The van der Waals surface area contributed by atoms with Crippen molar-refractivity contribution in [2.24, 2.45) is 11.1 Å². The van der Waals surface area contributed by atoms with Crippen LogP contribution < -0.4 is 15.4 Å². The maximum Gasteiger partial charge on any atom is 0.234 e. The summed E-state index contributed by atoms with van der Waals surface area (Å²) in [6, 6.07) is 5.96. The number of nitrogens with zero attached hydrogens (tertiary/aromatic N) is 1. The predicted octanol–water partition coefficient (Wildman–Crippen LogP) is 1.71. The molecule has 2 N–H and O–H groups in total. The average Bonchev–Trinajstić information content (AvgIpc) is 3.26. The molecular formula is C15H20N2O2. The number of hydrogen-bond donors (Lipinski definition) is 1. The molecule has 1 heterocycles. The van der Waals surface area contributed by atoms with E-state index in [1.807, 2.05) is 23.1 Å². The zero-order valence-corrected chi connectivity index (χ0v) is 11.3. The van der Waals surface area contributed by atoms with E-state index in [1.54, 1.807) is 7.11 Å². The summed E-state index contributed by atoms with van der Waals surface area (Å²) in [4.78, 5) is 14.6. The lowest BCUT2D eigenvalue weighted by Gasteiger charge is -2.32. The molecule has 102 valence electrons. The number of benzene rings is 1. The molecule has 0 bridgehead atoms. The Hall–Kier alpha value is -1.55. The second kappa shape index (κ2) is 4.53. The number of carbonyl (C=O) groups is 1. The number of hydrogen-bond acceptors (Lipinski definition) is 3. The summed E-state index contributed by atoms with van der Waals surface area (Å²) in [5, 5.41) is 0. The lowest BCUT2D eigenvalue weighted by molar-refractivity contribution is -0.123. The Morgan fingerprint density at radius 2 is 2.26 bits per heavy atom. The maximum absolute atomic E-state index is 12.6. The SMILES string of the molecule is COc1ccc2c(c1)CCCN2C(=O)C1(CN)CC1. The largest absolute Gasteiger partial charge is 0.497 e. The first-order chi connectivity index (χ1) is 9.20. The van der Waals surface area contributed by atoms with Crippen LogP contribution in [-0.2, 0) is 11.2 Å². The molecule has 1 fully saturated rings. The minimum absolute atomic E-state index is 0.209. The Morgan fingerprint density at radius 3 is 2.89 bits per heavy atom. The average molecular weight is 260 g/mol. The third kappa shape index (κ3) is 2.00. The zero-order valence-electron chi connectivity index (χ0n) is 11.3. The van der Waals surface area contributed by atoms with Crippen LogP contribution in [0.15, 0.2) is 18.2 Å². The fraction of sp³-hybridized carbons (Fsp3) is 0.533. The third-order valence-corrected chi connectivity index (χ3v) is 4.35. The van der Waals surface area contributed by atoms with Crippen LogP contribution in [0.25, 0.3) is 0 Å². The van der Waals surface area contributed by atoms with Gasteiger partial charge < -0.3 is 15.4 Å². The van der Waals surface area contributed by atoms with Crippen molar-refractivity contribution in [3.63, 3.8) is 0 Å². The number of nitrogens with two attached hydrogens (primary N) is 1. The highest BCUT2D eigenvalue weighted by atomic mass is 16.5. The molecule has 0 atom stereocenters. The number of methoxy groups -OCH3 is 1. The van der Waals surface area contributed by atoms with Gasteiger partial charge in [-0.1, -0.05) is 0 Å². The van der Waals surface area contributed by atoms with Crippen molar-refractivity contribution in [1.29, 1.82) is 0 Å². The second-order valence-corrected chi connectivity index (χ2v) is 5.54. The summed E-state index contributed by atoms with van der Waals surface area (Å²) in [6.07, 6.45) is 3.88. The molecule has 1 aromatic carbocycles. The Labute approximate surface area is 113 Å². The molecule has 1 amide bonds. The molecule has 0 radical (unpaired) electrons. The number of rotatable bonds is 3. The monoisotopic (exact) mass is 260 g/mol. The molecule has 0 saturated heterocycles. The van der Waals surface area contributed by atoms with Gasteiger partial charge >= 0.3 is 0 Å². The smallest absolute Gasteiger partial charge is 0.234 e. The van der Waals surface area contributed by atoms with Gasteiger partial charge in [-0.3, -0.25) is 4.79 Å². The van der Waals surface area contributed by atoms with E-state index >= 15 is 0 Å². The highest BCUT2D eigenvalue weighted by Crippen LogP contribution is 2.47. The van der Waals surface area contributed by atoms with E-state index in [9.17, 15) is 4.79 Å². The third-order valence-electron chi connectivity index (χ3n) is 4.35. The van der Waals surface area contributed by atoms with Gasteiger partial charge in [-0.2, -0.15) is 0 Å². The number of ether oxygens (including phenoxy) is 1. The Morgan fingerprint density at radius 1 is 1.47 bits per heavy atom. The number of anilines is 1. The van der Waals surface area contributed by atoms with E-state index < -0.39 is 0 Å². The Bertz CT molecular complexity index is 509. The summed E-state index contributed by atoms with van der Waals surface area (Å²) >= 11 is 0. The topological polar surface area (TPSA) is 55.6 Å². The standard InChI is InChI=1S/C15H20N2O2/c1-19-12-4-5-13-11(9-12)3-2-8-17(13)14(18)15(10-16)6-7-15/h4-5,9H,2-3,6-8,10,16H2,1H3. The first kappa shape index (κ1) is 12.5. The predicted molar refractivity (Wildman–Crippen MR) is 74.4 cm³/mol. The molecule has 4 nitrogen and oxygen atoms in total. The Balaban J connectivity index is 1.92. The maximum atomic E-state index is 12.6. The van der Waals surface area contributed by atoms with Crippen molar-refractivity contribution < 1.29 is 9.53 Å². The zero-order chi connectivity index (χ0) is 13.5. The molecule has 1 aliphatic heterocycles. The first-order valence-electron chi connectivity index (χ1n) is 6.89. The summed E-state index contributed by atoms with van der Waals surface area (Å²) in [6.45, 7) is 1.27. The minimum atomic E-state index is -0.269. The highest BCUT2D eigenvalue weighted by molar-refractivity contribution is 6.00. The van der Waals surface area contributed by atoms with Crippen molar-refractivity contribution in [3.05, 3.63) is 23.8 Å². The Kier molecular flexibility index (Phi) is 2.97. The number of carbonyl (C=O) groups excluding carboxylic acids is 1. The van der Waals surface area contributed by atoms with Crippen LogP contribution in [-0.4, -0.2) is 26.1 Å². The van der Waals surface area contributed by atoms with Crippen molar-refractivity contribution in [3.8, 4) is 5.75 Å². The van der Waals surface area contributed by atoms with Gasteiger partial charge in [0.15, 0.2) is 0 Å². The van der Waals surface area contributed by atoms with Gasteiger partial charge in [0.2, 0.25) is 5.91 Å². The normalized spacial score (nSPS) is 19.8. The lowest BCUT2D eigenvalue weighted by Crippen LogP contribution is -2.43. The minimum Gasteiger partial charge on any atom is -0.497 e. The first-order valence-corrected chi connectivity index (χ1v) is 6.89. The van der Waals surface area contributed by atoms with Crippen molar-refractivity contribution in [2.75, 3.05) is 25.1 Å². The van der Waals surface area contributed by atoms with Crippen LogP contribution in [0.2, 0.25) is 0 Å². The van der Waals surface area contributed by atoms with E-state index in [4.69, 9.17) is 10.5 Å². The molecule has 1 saturated carbocycles. The molecule has 3 rings (SSSR count). The fourth-order valence-electron chi connectivity index (χ4n) is 2.85. The molecular weight excluding hydrogens is 240 g/mol. The van der Waals surface area contributed by atoms with E-state index in [2.05, 4.69) is 0 Å². The second-order valence-electron chi connectivity index (χ2n) is 5.54. The molecule has 19 heavy (non-hydrogen) atoms. The molecule has 0 aromatic heterocycles. The molecule has 0 unspecified atom stereocenters. The van der Waals surface area contributed by atoms with E-state index in [1.165, 1.54) is 5.56 Å². The van der Waals surface area contributed by atoms with Crippen LogP contribution in [0.4, 0.5) is 5.69 Å². The van der Waals surface area contributed by atoms with Gasteiger partial charge in [-0.15, -0.1) is 0 Å². The summed E-state index contributed by atoms with van der Waals surface area (Å²) in [5.74, 6) is 1.06. The fourth-order valence-corrected chi connectivity index (χ4v) is 2.85. The van der Waals surface area contributed by atoms with Crippen LogP contribution in [0.5, 0.6) is 5.75 Å². The summed E-state index contributed by atoms with van der Waals surface area (Å²) in [7, 11) is 1.67. The van der Waals surface area contributed by atoms with Gasteiger partial charge in [0.25, 0.3) is 0 Å². The van der Waals surface area contributed by atoms with Crippen molar-refractivity contribution >= 4 is 11.6 Å². The molecule has 1 aliphatic carbocycles. The number of fused-ring (bicyclic) bond motifs is 1. The number of amides is 1. The molecule has 1 aromatic rings. The van der Waals surface area contributed by atoms with Crippen LogP contribution in [0, 0.1) is 5.41 Å². The van der Waals surface area contributed by atoms with Gasteiger partial charge in [-0.25, -0.2) is 0 Å². The van der Waals surface area contributed by atoms with E-state index in [0.717, 1.165) is 43.7 Å². The molecule has 2 aliphatic rings. The van der Waals surface area contributed by atoms with Crippen molar-refractivity contribution in [1.82, 2.24) is 0 Å². The van der Waals surface area contributed by atoms with E-state index in [0.29, 0.717) is 6.54 Å². The molecule has 0 spiro atoms.